The molecule has 0 unspecified atom stereocenters. The highest BCUT2D eigenvalue weighted by atomic mass is 19.2. The van der Waals surface area contributed by atoms with Gasteiger partial charge in [0.1, 0.15) is 72.5 Å². The van der Waals surface area contributed by atoms with E-state index < -0.39 is 277 Å². The molecule has 1 aliphatic rings. The number of aromatic amines is 1. The highest BCUT2D eigenvalue weighted by Gasteiger charge is 2.40. The molecule has 12 atom stereocenters. The molecule has 46 nitrogen and oxygen atoms in total. The minimum Gasteiger partial charge on any atom is -0.480 e. The van der Waals surface area contributed by atoms with Gasteiger partial charge in [-0.2, -0.15) is 0 Å². The first-order valence-electron chi connectivity index (χ1n) is 44.1. The minimum absolute atomic E-state index is 0.00684. The number of aromatic nitrogens is 1. The third-order valence-electron chi connectivity index (χ3n) is 22.0. The lowest BCUT2D eigenvalue weighted by molar-refractivity contribution is -0.142. The molecule has 1 aromatic heterocycles. The van der Waals surface area contributed by atoms with Crippen molar-refractivity contribution in [3.05, 3.63) is 142 Å². The number of rotatable bonds is 58. The van der Waals surface area contributed by atoms with E-state index in [4.69, 9.17) is 61.4 Å². The van der Waals surface area contributed by atoms with Crippen molar-refractivity contribution in [1.82, 2.24) is 95.4 Å². The SMILES string of the molecule is N=C(N)NCCC[C@@H](NC(=O)[C@@H](CCCNC(=N)N)NC(=O)[C@@H](CCC(N)=O)NC(=O)[C@@H](CCCNC(=N)N)NC(=O)[C@@H](CCCNC(=N)N)NC(=O)[C@@H](CCCNC(=N)N)NC(=O)[C@@H](CC1CCCCC1)NC(=O)[C@@H](Cc1c(F)c(F)c(F)c(F)c1F)NC(=O)[C@@H](CO)NC(=O)[C@@H](Cc1c[nH]c2ccccc12)NC(=O)[C@@H](CO)NC(=O)[C@@H](Cc1ccccc1)NC(=O)c1ccccc1)C(=O)O. The molecule has 5 aromatic rings. The Morgan fingerprint density at radius 1 is 0.358 bits per heavy atom. The predicted octanol–water partition coefficient (Wildman–Crippen LogP) is -4.36. The van der Waals surface area contributed by atoms with Gasteiger partial charge in [0.15, 0.2) is 53.1 Å². The fourth-order valence-electron chi connectivity index (χ4n) is 14.8. The number of carbonyl (C=O) groups is 14. The van der Waals surface area contributed by atoms with Crippen LogP contribution in [0.2, 0.25) is 0 Å². The third-order valence-corrected chi connectivity index (χ3v) is 22.0. The summed E-state index contributed by atoms with van der Waals surface area (Å²) in [7, 11) is 0. The molecule has 0 spiro atoms. The molecule has 1 heterocycles. The van der Waals surface area contributed by atoms with E-state index in [2.05, 4.69) is 95.4 Å². The number of benzene rings is 4. The first-order valence-corrected chi connectivity index (χ1v) is 44.1. The van der Waals surface area contributed by atoms with Gasteiger partial charge >= 0.3 is 5.97 Å². The summed E-state index contributed by atoms with van der Waals surface area (Å²) >= 11 is 0. The van der Waals surface area contributed by atoms with Gasteiger partial charge in [0, 0.05) is 86.6 Å². The highest BCUT2D eigenvalue weighted by Crippen LogP contribution is 2.29. The van der Waals surface area contributed by atoms with Crippen molar-refractivity contribution in [2.24, 2.45) is 40.3 Å². The molecule has 1 aliphatic carbocycles. The summed E-state index contributed by atoms with van der Waals surface area (Å²) in [6.07, 6.45) is -1.78. The first kappa shape index (κ1) is 111. The number of carboxylic acid groups (broad SMARTS) is 1. The highest BCUT2D eigenvalue weighted by molar-refractivity contribution is 6.02. The molecule has 0 radical (unpaired) electrons. The average Bonchev–Trinajstić information content (AvgIpc) is 1.79. The number of para-hydroxylation sites is 1. The van der Waals surface area contributed by atoms with E-state index in [9.17, 15) is 67.7 Å². The second-order valence-electron chi connectivity index (χ2n) is 32.4. The summed E-state index contributed by atoms with van der Waals surface area (Å²) in [5, 5.41) is 112. The van der Waals surface area contributed by atoms with Gasteiger partial charge in [0.25, 0.3) is 5.91 Å². The van der Waals surface area contributed by atoms with Crippen LogP contribution in [0.4, 0.5) is 22.0 Å². The molecule has 13 amide bonds. The zero-order chi connectivity index (χ0) is 101. The summed E-state index contributed by atoms with van der Waals surface area (Å²) in [6.45, 7) is -3.05. The Balaban J connectivity index is 1.34. The Bertz CT molecular complexity index is 5010. The van der Waals surface area contributed by atoms with Gasteiger partial charge in [0.2, 0.25) is 76.7 Å². The van der Waals surface area contributed by atoms with Crippen molar-refractivity contribution in [2.75, 3.05) is 45.9 Å². The Kier molecular flexibility index (Phi) is 45.9. The summed E-state index contributed by atoms with van der Waals surface area (Å²) in [6, 6.07) is 0.471. The Hall–Kier alpha value is -15.1. The van der Waals surface area contributed by atoms with E-state index in [0.717, 1.165) is 0 Å². The number of guanidine groups is 5. The Morgan fingerprint density at radius 2 is 0.672 bits per heavy atom. The van der Waals surface area contributed by atoms with Gasteiger partial charge in [-0.15, -0.1) is 0 Å². The fraction of sp³-hybridized carbons (Fsp3) is 0.477. The summed E-state index contributed by atoms with van der Waals surface area (Å²) in [4.78, 5) is 204. The van der Waals surface area contributed by atoms with Crippen LogP contribution in [0.15, 0.2) is 91.1 Å². The fourth-order valence-corrected chi connectivity index (χ4v) is 14.8. The van der Waals surface area contributed by atoms with Crippen molar-refractivity contribution in [3.63, 3.8) is 0 Å². The Labute approximate surface area is 783 Å². The maximum atomic E-state index is 16.0. The van der Waals surface area contributed by atoms with E-state index in [1.54, 1.807) is 72.8 Å². The van der Waals surface area contributed by atoms with Gasteiger partial charge in [-0.25, -0.2) is 26.7 Å². The minimum atomic E-state index is -2.64. The van der Waals surface area contributed by atoms with Crippen molar-refractivity contribution in [1.29, 1.82) is 27.0 Å². The molecule has 6 rings (SSSR count). The quantitative estimate of drug-likeness (QED) is 0.00437. The van der Waals surface area contributed by atoms with Crippen molar-refractivity contribution in [2.45, 2.75) is 207 Å². The number of hydrogen-bond donors (Lipinski definition) is 32. The van der Waals surface area contributed by atoms with Gasteiger partial charge in [-0.05, 0) is 112 Å². The number of aliphatic hydroxyl groups is 2. The standard InChI is InChI=1S/C86H122F5N29O17/c87-64-49(65(88)67(90)68(91)66(64)89)40-60(118-80(135)62(43-122)120-77(132)59(39-47-41-108-50-24-11-10-23-48(47)50)117-79(134)61(42-121)119-76(131)57(37-44-17-4-1-5-18-44)115-69(124)46-21-8-3-9-22-46)78(133)116-58(38-45-19-6-2-7-20-45)75(130)112-53(27-14-34-105-84(97)98)71(126)109-51(25-12-32-103-82(93)94)70(125)110-52(26-13-33-104-83(95)96)72(127)113-55(30-31-63(92)123)74(129)111-54(28-15-35-106-85(99)100)73(128)114-56(81(136)137)29-16-36-107-86(101)102/h1,3-5,8-11,17-18,21-24,41,45,51-62,108,121-122H,2,6-7,12-16,19-20,25-40,42-43H2,(H2,92,123)(H,109,126)(H,110,125)(H,111,129)(H,112,130)(H,113,127)(H,114,128)(H,115,124)(H,116,133)(H,117,134)(H,118,135)(H,119,131)(H,120,132)(H,136,137)(H4,93,94,103)(H4,95,96,104)(H4,97,98,105)(H4,99,100,106)(H4,101,102,107)/t51-,52-,53-,54-,55-,56-,57-,58-,59-,60-,61-,62-/m1/s1. The molecule has 0 aliphatic heterocycles. The van der Waals surface area contributed by atoms with Crippen molar-refractivity contribution >= 4 is 123 Å². The van der Waals surface area contributed by atoms with Gasteiger partial charge in [-0.3, -0.25) is 89.4 Å². The van der Waals surface area contributed by atoms with Crippen LogP contribution in [-0.4, -0.2) is 251 Å². The number of carboxylic acids is 1. The normalized spacial score (nSPS) is 14.4. The lowest BCUT2D eigenvalue weighted by atomic mass is 9.84. The molecule has 38 N–H and O–H groups in total. The number of primary amides is 1. The largest absolute Gasteiger partial charge is 0.480 e. The van der Waals surface area contributed by atoms with Crippen LogP contribution in [0.3, 0.4) is 0 Å². The number of amides is 13. The number of carbonyl (C=O) groups excluding carboxylic acids is 13. The van der Waals surface area contributed by atoms with Crippen molar-refractivity contribution < 1.29 is 104 Å². The molecule has 0 saturated heterocycles. The number of aliphatic hydroxyl groups excluding tert-OH is 2. The summed E-state index contributed by atoms with van der Waals surface area (Å²) < 4.78 is 77.4. The molecule has 51 heteroatoms. The lowest BCUT2D eigenvalue weighted by Gasteiger charge is -2.30. The van der Waals surface area contributed by atoms with E-state index in [1.165, 1.54) is 18.3 Å². The summed E-state index contributed by atoms with van der Waals surface area (Å²) in [5.41, 5.74) is 32.9. The van der Waals surface area contributed by atoms with Crippen molar-refractivity contribution in [3.8, 4) is 0 Å². The average molecular weight is 1930 g/mol. The third kappa shape index (κ3) is 37.7. The monoisotopic (exact) mass is 1930 g/mol. The molecule has 4 aromatic carbocycles. The zero-order valence-corrected chi connectivity index (χ0v) is 74.9. The summed E-state index contributed by atoms with van der Waals surface area (Å²) in [5.74, 6) is -32.5. The smallest absolute Gasteiger partial charge is 0.326 e. The number of nitrogens with one attached hydrogen (secondary N) is 23. The maximum absolute atomic E-state index is 16.0. The van der Waals surface area contributed by atoms with Crippen LogP contribution >= 0.6 is 0 Å². The molecule has 1 fully saturated rings. The van der Waals surface area contributed by atoms with E-state index in [-0.39, 0.29) is 102 Å². The first-order chi connectivity index (χ1) is 65.2. The number of nitrogens with two attached hydrogens (primary N) is 6. The molecule has 1 saturated carbocycles. The van der Waals surface area contributed by atoms with Crippen LogP contribution in [0.5, 0.6) is 0 Å². The van der Waals surface area contributed by atoms with Crippen LogP contribution in [0, 0.1) is 62.1 Å². The number of hydrogen-bond acceptors (Lipinski definition) is 21. The van der Waals surface area contributed by atoms with Gasteiger partial charge < -0.3 is 145 Å². The van der Waals surface area contributed by atoms with Crippen LogP contribution in [0.1, 0.15) is 143 Å². The topological polar surface area (TPSA) is 795 Å². The second kappa shape index (κ2) is 56.8. The molecular formula is C86H122F5N29O17. The van der Waals surface area contributed by atoms with Crippen LogP contribution in [0.25, 0.3) is 10.9 Å². The lowest BCUT2D eigenvalue weighted by Crippen LogP contribution is -2.62. The van der Waals surface area contributed by atoms with Crippen LogP contribution < -0.4 is 125 Å². The molecular weight excluding hydrogens is 1810 g/mol. The van der Waals surface area contributed by atoms with E-state index in [1.807, 2.05) is 0 Å². The zero-order valence-electron chi connectivity index (χ0n) is 74.9. The predicted molar refractivity (Wildman–Crippen MR) is 488 cm³/mol. The molecule has 137 heavy (non-hydrogen) atoms. The number of fused-ring (bicyclic) bond motifs is 1. The van der Waals surface area contributed by atoms with Gasteiger partial charge in [0.05, 0.1) is 13.2 Å². The second-order valence-corrected chi connectivity index (χ2v) is 32.4. The van der Waals surface area contributed by atoms with E-state index in [0.29, 0.717) is 54.1 Å². The number of halogens is 5. The Morgan fingerprint density at radius 3 is 1.07 bits per heavy atom. The van der Waals surface area contributed by atoms with E-state index >= 15 is 36.7 Å². The number of aliphatic carboxylic acids is 1. The number of H-pyrrole nitrogens is 1. The molecule has 0 bridgehead atoms. The maximum Gasteiger partial charge on any atom is 0.326 e. The van der Waals surface area contributed by atoms with Crippen LogP contribution in [-0.2, 0) is 81.6 Å². The van der Waals surface area contributed by atoms with Gasteiger partial charge in [-0.1, -0.05) is 98.8 Å². The molecule has 748 valence electrons.